The Bertz CT molecular complexity index is 544. The molecule has 1 amide bonds. The van der Waals surface area contributed by atoms with E-state index in [2.05, 4.69) is 25.5 Å². The van der Waals surface area contributed by atoms with Crippen LogP contribution in [0.5, 0.6) is 0 Å². The zero-order valence-corrected chi connectivity index (χ0v) is 9.48. The van der Waals surface area contributed by atoms with Crippen molar-refractivity contribution in [2.75, 3.05) is 11.1 Å². The smallest absolute Gasteiger partial charge is 0.277 e. The van der Waals surface area contributed by atoms with Crippen molar-refractivity contribution >= 4 is 17.4 Å². The van der Waals surface area contributed by atoms with Gasteiger partial charge in [-0.15, -0.1) is 0 Å². The molecule has 0 spiro atoms. The summed E-state index contributed by atoms with van der Waals surface area (Å²) in [7, 11) is 0. The van der Waals surface area contributed by atoms with Crippen molar-refractivity contribution in [2.45, 2.75) is 13.8 Å². The van der Waals surface area contributed by atoms with Gasteiger partial charge in [0, 0.05) is 6.20 Å². The number of carbonyl (C=O) groups excluding carboxylic acids is 1. The predicted octanol–water partition coefficient (Wildman–Crippen LogP) is 0.651. The van der Waals surface area contributed by atoms with Crippen LogP contribution in [-0.2, 0) is 0 Å². The van der Waals surface area contributed by atoms with Gasteiger partial charge in [0.25, 0.3) is 5.91 Å². The molecule has 0 saturated heterocycles. The van der Waals surface area contributed by atoms with E-state index in [1.807, 2.05) is 0 Å². The lowest BCUT2D eigenvalue weighted by Crippen LogP contribution is -2.15. The molecule has 0 aromatic carbocycles. The summed E-state index contributed by atoms with van der Waals surface area (Å²) in [5.74, 6) is -0.0921. The number of nitrogen functional groups attached to an aromatic ring is 1. The summed E-state index contributed by atoms with van der Waals surface area (Å²) in [6.07, 6.45) is 2.93. The minimum atomic E-state index is -0.393. The first-order valence-electron chi connectivity index (χ1n) is 4.98. The highest BCUT2D eigenvalue weighted by atomic mass is 16.2. The largest absolute Gasteiger partial charge is 0.394 e. The zero-order chi connectivity index (χ0) is 12.4. The molecule has 0 aliphatic heterocycles. The normalized spacial score (nSPS) is 10.2. The summed E-state index contributed by atoms with van der Waals surface area (Å²) in [6, 6.07) is 0. The van der Waals surface area contributed by atoms with Gasteiger partial charge in [-0.3, -0.25) is 14.9 Å². The molecule has 2 aromatic heterocycles. The van der Waals surface area contributed by atoms with Crippen molar-refractivity contribution in [1.29, 1.82) is 0 Å². The molecule has 88 valence electrons. The summed E-state index contributed by atoms with van der Waals surface area (Å²) in [5, 5.41) is 9.10. The summed E-state index contributed by atoms with van der Waals surface area (Å²) in [6.45, 7) is 3.56. The first-order chi connectivity index (χ1) is 8.08. The molecule has 0 fully saturated rings. The number of amides is 1. The molecular formula is C10H12N6O. The second-order valence-electron chi connectivity index (χ2n) is 3.61. The SMILES string of the molecule is Cc1cnc(C(=O)Nc2n[nH]c(C)c2N)cn1. The highest BCUT2D eigenvalue weighted by Crippen LogP contribution is 2.18. The average Bonchev–Trinajstić information content (AvgIpc) is 2.62. The number of hydrogen-bond donors (Lipinski definition) is 3. The second-order valence-corrected chi connectivity index (χ2v) is 3.61. The number of nitrogens with one attached hydrogen (secondary N) is 2. The van der Waals surface area contributed by atoms with E-state index < -0.39 is 5.91 Å². The molecule has 0 unspecified atom stereocenters. The van der Waals surface area contributed by atoms with Gasteiger partial charge < -0.3 is 11.1 Å². The van der Waals surface area contributed by atoms with E-state index in [9.17, 15) is 4.79 Å². The van der Waals surface area contributed by atoms with Crippen molar-refractivity contribution in [3.63, 3.8) is 0 Å². The molecule has 2 aromatic rings. The average molecular weight is 232 g/mol. The molecule has 7 nitrogen and oxygen atoms in total. The number of aryl methyl sites for hydroxylation is 2. The number of aromatic amines is 1. The maximum Gasteiger partial charge on any atom is 0.277 e. The van der Waals surface area contributed by atoms with Crippen LogP contribution < -0.4 is 11.1 Å². The fourth-order valence-corrected chi connectivity index (χ4v) is 1.21. The lowest BCUT2D eigenvalue weighted by molar-refractivity contribution is 0.102. The minimum Gasteiger partial charge on any atom is -0.394 e. The highest BCUT2D eigenvalue weighted by molar-refractivity contribution is 6.03. The van der Waals surface area contributed by atoms with Crippen LogP contribution in [0.4, 0.5) is 11.5 Å². The number of anilines is 2. The Morgan fingerprint density at radius 3 is 2.65 bits per heavy atom. The van der Waals surface area contributed by atoms with Gasteiger partial charge in [0.2, 0.25) is 0 Å². The lowest BCUT2D eigenvalue weighted by Gasteiger charge is -2.02. The molecule has 4 N–H and O–H groups in total. The van der Waals surface area contributed by atoms with Crippen molar-refractivity contribution in [3.05, 3.63) is 29.5 Å². The summed E-state index contributed by atoms with van der Waals surface area (Å²) >= 11 is 0. The number of carbonyl (C=O) groups is 1. The van der Waals surface area contributed by atoms with E-state index in [4.69, 9.17) is 5.73 Å². The Morgan fingerprint density at radius 1 is 1.35 bits per heavy atom. The minimum absolute atomic E-state index is 0.218. The second kappa shape index (κ2) is 4.20. The number of nitrogens with two attached hydrogens (primary N) is 1. The van der Waals surface area contributed by atoms with Gasteiger partial charge in [-0.2, -0.15) is 5.10 Å². The molecule has 0 aliphatic rings. The number of H-pyrrole nitrogens is 1. The summed E-state index contributed by atoms with van der Waals surface area (Å²) in [5.41, 5.74) is 7.79. The Kier molecular flexibility index (Phi) is 2.73. The van der Waals surface area contributed by atoms with E-state index in [0.717, 1.165) is 5.69 Å². The van der Waals surface area contributed by atoms with Crippen molar-refractivity contribution in [3.8, 4) is 0 Å². The molecule has 2 rings (SSSR count). The van der Waals surface area contributed by atoms with E-state index in [0.29, 0.717) is 17.2 Å². The maximum absolute atomic E-state index is 11.8. The van der Waals surface area contributed by atoms with Crippen LogP contribution in [0.25, 0.3) is 0 Å². The monoisotopic (exact) mass is 232 g/mol. The van der Waals surface area contributed by atoms with Crippen LogP contribution in [0.1, 0.15) is 21.9 Å². The molecule has 0 bridgehead atoms. The quantitative estimate of drug-likeness (QED) is 0.704. The van der Waals surface area contributed by atoms with Gasteiger partial charge in [-0.05, 0) is 13.8 Å². The Labute approximate surface area is 97.5 Å². The van der Waals surface area contributed by atoms with E-state index >= 15 is 0 Å². The first kappa shape index (κ1) is 11.1. The number of nitrogens with zero attached hydrogens (tertiary/aromatic N) is 3. The van der Waals surface area contributed by atoms with Gasteiger partial charge in [-0.1, -0.05) is 0 Å². The van der Waals surface area contributed by atoms with Crippen molar-refractivity contribution < 1.29 is 4.79 Å². The maximum atomic E-state index is 11.8. The van der Waals surface area contributed by atoms with Crippen LogP contribution >= 0.6 is 0 Å². The van der Waals surface area contributed by atoms with Crippen LogP contribution in [0, 0.1) is 13.8 Å². The molecule has 2 heterocycles. The zero-order valence-electron chi connectivity index (χ0n) is 9.48. The molecule has 0 saturated carbocycles. The Hall–Kier alpha value is -2.44. The Morgan fingerprint density at radius 2 is 2.12 bits per heavy atom. The van der Waals surface area contributed by atoms with Crippen LogP contribution in [0.2, 0.25) is 0 Å². The molecule has 7 heteroatoms. The number of aromatic nitrogens is 4. The number of hydrogen-bond acceptors (Lipinski definition) is 5. The van der Waals surface area contributed by atoms with Gasteiger partial charge in [-0.25, -0.2) is 4.98 Å². The van der Waals surface area contributed by atoms with Gasteiger partial charge in [0.1, 0.15) is 5.69 Å². The number of rotatable bonds is 2. The van der Waals surface area contributed by atoms with Gasteiger partial charge in [0.05, 0.1) is 23.3 Å². The van der Waals surface area contributed by atoms with Crippen LogP contribution in [0.3, 0.4) is 0 Å². The van der Waals surface area contributed by atoms with E-state index in [1.54, 1.807) is 13.8 Å². The fraction of sp³-hybridized carbons (Fsp3) is 0.200. The third kappa shape index (κ3) is 2.22. The molecule has 0 atom stereocenters. The molecule has 0 radical (unpaired) electrons. The fourth-order valence-electron chi connectivity index (χ4n) is 1.21. The highest BCUT2D eigenvalue weighted by Gasteiger charge is 2.12. The van der Waals surface area contributed by atoms with Crippen molar-refractivity contribution in [2.24, 2.45) is 0 Å². The third-order valence-electron chi connectivity index (χ3n) is 2.24. The van der Waals surface area contributed by atoms with Gasteiger partial charge in [0.15, 0.2) is 5.82 Å². The summed E-state index contributed by atoms with van der Waals surface area (Å²) in [4.78, 5) is 19.7. The summed E-state index contributed by atoms with van der Waals surface area (Å²) < 4.78 is 0. The van der Waals surface area contributed by atoms with Crippen LogP contribution in [0.15, 0.2) is 12.4 Å². The Balaban J connectivity index is 2.17. The third-order valence-corrected chi connectivity index (χ3v) is 2.24. The predicted molar refractivity (Wildman–Crippen MR) is 62.5 cm³/mol. The lowest BCUT2D eigenvalue weighted by atomic mass is 10.3. The van der Waals surface area contributed by atoms with Gasteiger partial charge >= 0.3 is 0 Å². The molecule has 0 aliphatic carbocycles. The topological polar surface area (TPSA) is 110 Å². The van der Waals surface area contributed by atoms with Crippen LogP contribution in [-0.4, -0.2) is 26.1 Å². The van der Waals surface area contributed by atoms with E-state index in [-0.39, 0.29) is 5.69 Å². The first-order valence-corrected chi connectivity index (χ1v) is 4.98. The van der Waals surface area contributed by atoms with Crippen molar-refractivity contribution in [1.82, 2.24) is 20.2 Å². The molecular weight excluding hydrogens is 220 g/mol. The van der Waals surface area contributed by atoms with E-state index in [1.165, 1.54) is 12.4 Å². The standard InChI is InChI=1S/C10H12N6O/c1-5-3-13-7(4-12-5)10(17)14-9-8(11)6(2)15-16-9/h3-4H,11H2,1-2H3,(H2,14,15,16,17). The molecule has 17 heavy (non-hydrogen) atoms.